The average molecular weight is 442 g/mol. The second-order valence-corrected chi connectivity index (χ2v) is 9.11. The number of piperidine rings is 1. The molecule has 1 fully saturated rings. The van der Waals surface area contributed by atoms with E-state index in [9.17, 15) is 17.6 Å². The Morgan fingerprint density at radius 3 is 2.62 bits per heavy atom. The summed E-state index contributed by atoms with van der Waals surface area (Å²) in [6.07, 6.45) is 1.08. The van der Waals surface area contributed by atoms with Crippen LogP contribution in [0.1, 0.15) is 18.4 Å². The van der Waals surface area contributed by atoms with Gasteiger partial charge in [-0.15, -0.1) is 0 Å². The van der Waals surface area contributed by atoms with Gasteiger partial charge in [-0.1, -0.05) is 17.7 Å². The molecule has 156 valence electrons. The Morgan fingerprint density at radius 2 is 1.97 bits per heavy atom. The van der Waals surface area contributed by atoms with Gasteiger partial charge in [0.1, 0.15) is 6.61 Å². The van der Waals surface area contributed by atoms with Gasteiger partial charge in [0.2, 0.25) is 10.0 Å². The number of esters is 1. The van der Waals surface area contributed by atoms with Crippen LogP contribution in [0.3, 0.4) is 0 Å². The van der Waals surface area contributed by atoms with Crippen molar-refractivity contribution in [1.29, 1.82) is 0 Å². The van der Waals surface area contributed by atoms with Gasteiger partial charge < -0.3 is 9.47 Å². The van der Waals surface area contributed by atoms with Crippen molar-refractivity contribution in [3.63, 3.8) is 0 Å². The number of sulfonamides is 1. The average Bonchev–Trinajstić information content (AvgIpc) is 2.72. The summed E-state index contributed by atoms with van der Waals surface area (Å²) in [7, 11) is -2.36. The first-order valence-electron chi connectivity index (χ1n) is 9.06. The van der Waals surface area contributed by atoms with Gasteiger partial charge in [-0.3, -0.25) is 4.79 Å². The van der Waals surface area contributed by atoms with E-state index >= 15 is 0 Å². The van der Waals surface area contributed by atoms with Crippen LogP contribution in [0.2, 0.25) is 5.02 Å². The van der Waals surface area contributed by atoms with E-state index < -0.39 is 27.7 Å². The van der Waals surface area contributed by atoms with E-state index in [-0.39, 0.29) is 23.8 Å². The molecule has 29 heavy (non-hydrogen) atoms. The molecule has 3 rings (SSSR count). The molecule has 1 atom stereocenters. The van der Waals surface area contributed by atoms with E-state index in [0.717, 1.165) is 0 Å². The van der Waals surface area contributed by atoms with Gasteiger partial charge in [0.15, 0.2) is 11.6 Å². The van der Waals surface area contributed by atoms with E-state index in [2.05, 4.69) is 0 Å². The second kappa shape index (κ2) is 9.11. The lowest BCUT2D eigenvalue weighted by atomic mass is 10.00. The number of halogens is 2. The summed E-state index contributed by atoms with van der Waals surface area (Å²) in [5, 5.41) is 0.444. The fourth-order valence-corrected chi connectivity index (χ4v) is 4.83. The summed E-state index contributed by atoms with van der Waals surface area (Å²) in [4.78, 5) is 12.6. The molecule has 0 amide bonds. The van der Waals surface area contributed by atoms with E-state index in [4.69, 9.17) is 21.1 Å². The maximum absolute atomic E-state index is 13.8. The lowest BCUT2D eigenvalue weighted by molar-refractivity contribution is -0.151. The van der Waals surface area contributed by atoms with Gasteiger partial charge >= 0.3 is 5.97 Å². The van der Waals surface area contributed by atoms with Crippen molar-refractivity contribution < 1.29 is 27.1 Å². The summed E-state index contributed by atoms with van der Waals surface area (Å²) >= 11 is 5.82. The predicted octanol–water partition coefficient (Wildman–Crippen LogP) is 3.63. The highest BCUT2D eigenvalue weighted by molar-refractivity contribution is 7.89. The van der Waals surface area contributed by atoms with Crippen LogP contribution in [0, 0.1) is 11.7 Å². The molecule has 0 aromatic heterocycles. The van der Waals surface area contributed by atoms with Gasteiger partial charge in [0.05, 0.1) is 17.9 Å². The number of benzene rings is 2. The minimum Gasteiger partial charge on any atom is -0.494 e. The third-order valence-corrected chi connectivity index (χ3v) is 6.90. The van der Waals surface area contributed by atoms with E-state index in [1.165, 1.54) is 47.8 Å². The maximum atomic E-state index is 13.8. The van der Waals surface area contributed by atoms with Crippen molar-refractivity contribution >= 4 is 27.6 Å². The Morgan fingerprint density at radius 1 is 1.24 bits per heavy atom. The van der Waals surface area contributed by atoms with Crippen LogP contribution in [0.5, 0.6) is 5.75 Å². The summed E-state index contributed by atoms with van der Waals surface area (Å²) in [5.74, 6) is -1.51. The lowest BCUT2D eigenvalue weighted by Crippen LogP contribution is -2.42. The number of carbonyl (C=O) groups excluding carboxylic acids is 1. The molecule has 6 nitrogen and oxygen atoms in total. The van der Waals surface area contributed by atoms with Crippen molar-refractivity contribution in [1.82, 2.24) is 4.31 Å². The summed E-state index contributed by atoms with van der Waals surface area (Å²) in [6.45, 7) is 0.277. The summed E-state index contributed by atoms with van der Waals surface area (Å²) in [5.41, 5.74) is 0.484. The molecule has 2 aromatic rings. The molecule has 2 aromatic carbocycles. The van der Waals surface area contributed by atoms with Crippen LogP contribution in [-0.2, 0) is 26.2 Å². The normalized spacial score (nSPS) is 17.7. The molecule has 0 spiro atoms. The number of nitrogens with zero attached hydrogens (tertiary/aromatic N) is 1. The smallest absolute Gasteiger partial charge is 0.310 e. The molecule has 1 aliphatic heterocycles. The van der Waals surface area contributed by atoms with Crippen LogP contribution in [-0.4, -0.2) is 38.9 Å². The Hall–Kier alpha value is -2.16. The van der Waals surface area contributed by atoms with Crippen LogP contribution in [0.15, 0.2) is 47.4 Å². The Balaban J connectivity index is 1.63. The number of hydrogen-bond donors (Lipinski definition) is 0. The highest BCUT2D eigenvalue weighted by Crippen LogP contribution is 2.26. The van der Waals surface area contributed by atoms with E-state index in [1.54, 1.807) is 6.07 Å². The fourth-order valence-electron chi connectivity index (χ4n) is 3.18. The minimum absolute atomic E-state index is 0.0424. The zero-order chi connectivity index (χ0) is 21.0. The molecule has 0 bridgehead atoms. The molecule has 1 saturated heterocycles. The number of hydrogen-bond acceptors (Lipinski definition) is 5. The molecule has 9 heteroatoms. The molecule has 1 unspecified atom stereocenters. The first kappa shape index (κ1) is 21.5. The zero-order valence-corrected chi connectivity index (χ0v) is 17.4. The van der Waals surface area contributed by atoms with Crippen LogP contribution in [0.4, 0.5) is 4.39 Å². The van der Waals surface area contributed by atoms with Crippen LogP contribution < -0.4 is 4.74 Å². The number of ether oxygens (including phenoxy) is 2. The van der Waals surface area contributed by atoms with Crippen molar-refractivity contribution in [2.24, 2.45) is 5.92 Å². The van der Waals surface area contributed by atoms with Crippen molar-refractivity contribution in [3.8, 4) is 5.75 Å². The molecule has 1 aliphatic rings. The number of carbonyl (C=O) groups is 1. The van der Waals surface area contributed by atoms with Crippen molar-refractivity contribution in [2.75, 3.05) is 20.2 Å². The molecular weight excluding hydrogens is 421 g/mol. The summed E-state index contributed by atoms with van der Waals surface area (Å²) < 4.78 is 50.8. The third kappa shape index (κ3) is 5.07. The van der Waals surface area contributed by atoms with Gasteiger partial charge in [0, 0.05) is 18.1 Å². The number of methoxy groups -OCH3 is 1. The Bertz CT molecular complexity index is 981. The topological polar surface area (TPSA) is 72.9 Å². The van der Waals surface area contributed by atoms with Crippen LogP contribution >= 0.6 is 11.6 Å². The highest BCUT2D eigenvalue weighted by atomic mass is 35.5. The van der Waals surface area contributed by atoms with E-state index in [1.807, 2.05) is 0 Å². The first-order chi connectivity index (χ1) is 13.8. The first-order valence-corrected chi connectivity index (χ1v) is 10.9. The number of rotatable bonds is 6. The van der Waals surface area contributed by atoms with Gasteiger partial charge in [-0.05, 0) is 54.8 Å². The largest absolute Gasteiger partial charge is 0.494 e. The SMILES string of the molecule is COc1ccc(COC(=O)C2CCCN(S(=O)(=O)c3ccc(Cl)cc3)C2)cc1F. The quantitative estimate of drug-likeness (QED) is 0.640. The molecule has 0 aliphatic carbocycles. The third-order valence-electron chi connectivity index (χ3n) is 4.77. The van der Waals surface area contributed by atoms with Crippen molar-refractivity contribution in [2.45, 2.75) is 24.3 Å². The standard InChI is InChI=1S/C20H21ClFNO5S/c1-27-19-9-4-14(11-18(19)22)13-28-20(24)15-3-2-10-23(12-15)29(25,26)17-7-5-16(21)6-8-17/h4-9,11,15H,2-3,10,12-13H2,1H3. The van der Waals surface area contributed by atoms with Gasteiger partial charge in [-0.2, -0.15) is 4.31 Å². The zero-order valence-electron chi connectivity index (χ0n) is 15.8. The molecular formula is C20H21ClFNO5S. The monoisotopic (exact) mass is 441 g/mol. The molecule has 0 saturated carbocycles. The van der Waals surface area contributed by atoms with Crippen molar-refractivity contribution in [3.05, 3.63) is 58.9 Å². The molecule has 0 N–H and O–H groups in total. The fraction of sp³-hybridized carbons (Fsp3) is 0.350. The molecule has 0 radical (unpaired) electrons. The Kier molecular flexibility index (Phi) is 6.77. The van der Waals surface area contributed by atoms with Crippen LogP contribution in [0.25, 0.3) is 0 Å². The Labute approximate surface area is 174 Å². The van der Waals surface area contributed by atoms with E-state index in [0.29, 0.717) is 30.0 Å². The highest BCUT2D eigenvalue weighted by Gasteiger charge is 2.34. The molecule has 1 heterocycles. The van der Waals surface area contributed by atoms with Gasteiger partial charge in [0.25, 0.3) is 0 Å². The minimum atomic E-state index is -3.72. The summed E-state index contributed by atoms with van der Waals surface area (Å²) in [6, 6.07) is 10.2. The predicted molar refractivity (Wildman–Crippen MR) is 106 cm³/mol. The lowest BCUT2D eigenvalue weighted by Gasteiger charge is -2.30. The van der Waals surface area contributed by atoms with Gasteiger partial charge in [-0.25, -0.2) is 12.8 Å². The second-order valence-electron chi connectivity index (χ2n) is 6.73. The maximum Gasteiger partial charge on any atom is 0.310 e.